The first kappa shape index (κ1) is 28.0. The second kappa shape index (κ2) is 11.8. The molecule has 4 rings (SSSR count). The van der Waals surface area contributed by atoms with Crippen molar-refractivity contribution in [3.8, 4) is 22.6 Å². The number of hydrogen-bond acceptors (Lipinski definition) is 7. The maximum atomic E-state index is 12.2. The number of aliphatic hydroxyl groups excluding tert-OH is 1. The van der Waals surface area contributed by atoms with E-state index in [1.807, 2.05) is 51.1 Å². The van der Waals surface area contributed by atoms with Crippen LogP contribution in [0.3, 0.4) is 0 Å². The van der Waals surface area contributed by atoms with E-state index < -0.39 is 17.8 Å². The maximum Gasteiger partial charge on any atom is 0.407 e. The maximum absolute atomic E-state index is 12.2. The van der Waals surface area contributed by atoms with Gasteiger partial charge in [-0.05, 0) is 62.1 Å². The Balaban J connectivity index is 1.54. The van der Waals surface area contributed by atoms with Crippen molar-refractivity contribution in [3.63, 3.8) is 0 Å². The van der Waals surface area contributed by atoms with Crippen molar-refractivity contribution in [2.75, 3.05) is 7.11 Å². The molecule has 1 aliphatic rings. The minimum Gasteiger partial charge on any atom is -0.489 e. The fourth-order valence-electron chi connectivity index (χ4n) is 4.33. The molecule has 8 nitrogen and oxygen atoms in total. The molecule has 0 radical (unpaired) electrons. The summed E-state index contributed by atoms with van der Waals surface area (Å²) in [4.78, 5) is 24.1. The molecule has 8 heteroatoms. The van der Waals surface area contributed by atoms with E-state index in [0.29, 0.717) is 23.5 Å². The van der Waals surface area contributed by atoms with Gasteiger partial charge < -0.3 is 29.4 Å². The topological polar surface area (TPSA) is 103 Å². The first-order valence-electron chi connectivity index (χ1n) is 12.9. The number of amides is 1. The lowest BCUT2D eigenvalue weighted by Gasteiger charge is -2.24. The van der Waals surface area contributed by atoms with Crippen molar-refractivity contribution < 1.29 is 33.6 Å². The summed E-state index contributed by atoms with van der Waals surface area (Å²) in [6.45, 7) is 8.10. The van der Waals surface area contributed by atoms with E-state index in [9.17, 15) is 14.7 Å². The van der Waals surface area contributed by atoms with Crippen LogP contribution in [0.4, 0.5) is 4.79 Å². The standard InChI is InChI=1S/C31H35NO7/c1-19(33)21-11-12-22(15-28(34)36-5)27(14-21)37-17-20-9-10-24-18-38-29-23(7-6-8-25(29)26(24)13-20)16-32-30(35)39-31(2,3)4/h6-14,19,33H,15-18H2,1-5H3,(H,32,35). The average molecular weight is 534 g/mol. The molecule has 1 unspecified atom stereocenters. The second-order valence-corrected chi connectivity index (χ2v) is 10.5. The summed E-state index contributed by atoms with van der Waals surface area (Å²) in [7, 11) is 1.35. The molecule has 1 amide bonds. The molecule has 0 aromatic heterocycles. The monoisotopic (exact) mass is 533 g/mol. The quantitative estimate of drug-likeness (QED) is 0.362. The minimum atomic E-state index is -0.668. The summed E-state index contributed by atoms with van der Waals surface area (Å²) in [5.41, 5.74) is 5.61. The smallest absolute Gasteiger partial charge is 0.407 e. The number of alkyl carbamates (subject to hydrolysis) is 1. The summed E-state index contributed by atoms with van der Waals surface area (Å²) in [5.74, 6) is 0.881. The average Bonchev–Trinajstić information content (AvgIpc) is 2.89. The summed E-state index contributed by atoms with van der Waals surface area (Å²) in [5, 5.41) is 12.8. The first-order valence-corrected chi connectivity index (χ1v) is 12.9. The molecule has 0 bridgehead atoms. The zero-order valence-electron chi connectivity index (χ0n) is 23.0. The van der Waals surface area contributed by atoms with Gasteiger partial charge in [0.2, 0.25) is 0 Å². The molecule has 0 fully saturated rings. The number of rotatable bonds is 8. The molecule has 0 aliphatic carbocycles. The Morgan fingerprint density at radius 3 is 2.56 bits per heavy atom. The number of aliphatic hydroxyl groups is 1. The van der Waals surface area contributed by atoms with E-state index in [4.69, 9.17) is 18.9 Å². The zero-order valence-corrected chi connectivity index (χ0v) is 23.0. The van der Waals surface area contributed by atoms with Gasteiger partial charge in [0.1, 0.15) is 30.3 Å². The Labute approximate surface area is 228 Å². The van der Waals surface area contributed by atoms with E-state index in [1.165, 1.54) is 7.11 Å². The lowest BCUT2D eigenvalue weighted by molar-refractivity contribution is -0.139. The molecular weight excluding hydrogens is 498 g/mol. The van der Waals surface area contributed by atoms with E-state index >= 15 is 0 Å². The van der Waals surface area contributed by atoms with E-state index in [-0.39, 0.29) is 25.5 Å². The van der Waals surface area contributed by atoms with Gasteiger partial charge in [-0.3, -0.25) is 4.79 Å². The lowest BCUT2D eigenvalue weighted by atomic mass is 9.93. The molecule has 1 aliphatic heterocycles. The fraction of sp³-hybridized carbons (Fsp3) is 0.355. The number of fused-ring (bicyclic) bond motifs is 3. The van der Waals surface area contributed by atoms with Crippen LogP contribution in [-0.2, 0) is 40.4 Å². The number of hydrogen-bond donors (Lipinski definition) is 2. The van der Waals surface area contributed by atoms with Gasteiger partial charge in [0.05, 0.1) is 19.6 Å². The Kier molecular flexibility index (Phi) is 8.45. The molecule has 0 spiro atoms. The van der Waals surface area contributed by atoms with Crippen molar-refractivity contribution in [1.29, 1.82) is 0 Å². The highest BCUT2D eigenvalue weighted by Gasteiger charge is 2.22. The molecule has 0 saturated carbocycles. The van der Waals surface area contributed by atoms with Crippen LogP contribution in [0.5, 0.6) is 11.5 Å². The highest BCUT2D eigenvalue weighted by molar-refractivity contribution is 5.77. The van der Waals surface area contributed by atoms with Gasteiger partial charge in [0.15, 0.2) is 0 Å². The highest BCUT2D eigenvalue weighted by Crippen LogP contribution is 2.40. The third kappa shape index (κ3) is 7.09. The van der Waals surface area contributed by atoms with Crippen LogP contribution in [0.1, 0.15) is 61.6 Å². The predicted molar refractivity (Wildman–Crippen MR) is 146 cm³/mol. The van der Waals surface area contributed by atoms with Crippen molar-refractivity contribution in [1.82, 2.24) is 5.32 Å². The number of benzene rings is 3. The normalized spacial score (nSPS) is 12.9. The summed E-state index contributed by atoms with van der Waals surface area (Å²) >= 11 is 0. The van der Waals surface area contributed by atoms with Crippen LogP contribution in [0.25, 0.3) is 11.1 Å². The van der Waals surface area contributed by atoms with E-state index in [1.54, 1.807) is 25.1 Å². The van der Waals surface area contributed by atoms with E-state index in [2.05, 4.69) is 11.4 Å². The van der Waals surface area contributed by atoms with Crippen LogP contribution in [0.2, 0.25) is 0 Å². The van der Waals surface area contributed by atoms with Gasteiger partial charge in [-0.2, -0.15) is 0 Å². The van der Waals surface area contributed by atoms with Crippen molar-refractivity contribution in [2.45, 2.75) is 65.6 Å². The number of methoxy groups -OCH3 is 1. The molecule has 3 aromatic rings. The van der Waals surface area contributed by atoms with Gasteiger partial charge in [0, 0.05) is 23.2 Å². The number of ether oxygens (including phenoxy) is 4. The third-order valence-corrected chi connectivity index (χ3v) is 6.29. The molecule has 1 heterocycles. The summed E-state index contributed by atoms with van der Waals surface area (Å²) in [6, 6.07) is 17.2. The molecule has 39 heavy (non-hydrogen) atoms. The lowest BCUT2D eigenvalue weighted by Crippen LogP contribution is -2.32. The molecule has 3 aromatic carbocycles. The summed E-state index contributed by atoms with van der Waals surface area (Å²) in [6.07, 6.45) is -1.08. The van der Waals surface area contributed by atoms with Crippen LogP contribution >= 0.6 is 0 Å². The molecule has 2 N–H and O–H groups in total. The van der Waals surface area contributed by atoms with Gasteiger partial charge in [-0.15, -0.1) is 0 Å². The van der Waals surface area contributed by atoms with Crippen molar-refractivity contribution >= 4 is 12.1 Å². The number of esters is 1. The Hall–Kier alpha value is -4.04. The Morgan fingerprint density at radius 2 is 1.85 bits per heavy atom. The highest BCUT2D eigenvalue weighted by atomic mass is 16.6. The third-order valence-electron chi connectivity index (χ3n) is 6.29. The van der Waals surface area contributed by atoms with Gasteiger partial charge in [-0.25, -0.2) is 4.79 Å². The molecule has 1 atom stereocenters. The number of para-hydroxylation sites is 1. The number of nitrogens with one attached hydrogen (secondary N) is 1. The van der Waals surface area contributed by atoms with Crippen molar-refractivity contribution in [3.05, 3.63) is 82.4 Å². The Morgan fingerprint density at radius 1 is 1.05 bits per heavy atom. The van der Waals surface area contributed by atoms with Crippen LogP contribution in [0, 0.1) is 0 Å². The zero-order chi connectivity index (χ0) is 28.2. The molecule has 206 valence electrons. The second-order valence-electron chi connectivity index (χ2n) is 10.5. The largest absolute Gasteiger partial charge is 0.489 e. The van der Waals surface area contributed by atoms with Gasteiger partial charge in [0.25, 0.3) is 0 Å². The molecular formula is C31H35NO7. The molecule has 0 saturated heterocycles. The van der Waals surface area contributed by atoms with Gasteiger partial charge in [-0.1, -0.05) is 42.5 Å². The number of carbonyl (C=O) groups is 2. The predicted octanol–water partition coefficient (Wildman–Crippen LogP) is 5.62. The van der Waals surface area contributed by atoms with E-state index in [0.717, 1.165) is 33.6 Å². The SMILES string of the molecule is COC(=O)Cc1ccc(C(C)O)cc1OCc1ccc2c(c1)-c1cccc(CNC(=O)OC(C)(C)C)c1OC2. The van der Waals surface area contributed by atoms with Crippen LogP contribution in [0.15, 0.2) is 54.6 Å². The van der Waals surface area contributed by atoms with Gasteiger partial charge >= 0.3 is 12.1 Å². The first-order chi connectivity index (χ1) is 18.5. The Bertz CT molecular complexity index is 1360. The summed E-state index contributed by atoms with van der Waals surface area (Å²) < 4.78 is 22.4. The number of carbonyl (C=O) groups excluding carboxylic acids is 2. The van der Waals surface area contributed by atoms with Crippen LogP contribution < -0.4 is 14.8 Å². The minimum absolute atomic E-state index is 0.0704. The fourth-order valence-corrected chi connectivity index (χ4v) is 4.33. The van der Waals surface area contributed by atoms with Crippen molar-refractivity contribution in [2.24, 2.45) is 0 Å². The van der Waals surface area contributed by atoms with Crippen LogP contribution in [-0.4, -0.2) is 29.9 Å².